The molecule has 0 spiro atoms. The van der Waals surface area contributed by atoms with E-state index in [4.69, 9.17) is 29.2 Å². The van der Waals surface area contributed by atoms with Gasteiger partial charge in [0, 0.05) is 37.9 Å². The molecular formula is C23H25F2N7O3. The Kier molecular flexibility index (Phi) is 5.69. The number of aromatic nitrogens is 6. The summed E-state index contributed by atoms with van der Waals surface area (Å²) in [5, 5.41) is 0. The van der Waals surface area contributed by atoms with E-state index >= 15 is 0 Å². The van der Waals surface area contributed by atoms with Gasteiger partial charge in [-0.3, -0.25) is 0 Å². The van der Waals surface area contributed by atoms with Gasteiger partial charge in [-0.15, -0.1) is 0 Å². The molecule has 184 valence electrons. The molecule has 35 heavy (non-hydrogen) atoms. The highest BCUT2D eigenvalue weighted by Crippen LogP contribution is 2.39. The molecule has 12 heteroatoms. The first-order valence-corrected chi connectivity index (χ1v) is 11.6. The van der Waals surface area contributed by atoms with Crippen LogP contribution in [0.2, 0.25) is 0 Å². The van der Waals surface area contributed by atoms with Gasteiger partial charge in [-0.25, -0.2) is 23.7 Å². The summed E-state index contributed by atoms with van der Waals surface area (Å²) in [5.41, 5.74) is 3.32. The Bertz CT molecular complexity index is 1360. The Balaban J connectivity index is 1.56. The van der Waals surface area contributed by atoms with Crippen molar-refractivity contribution in [1.29, 1.82) is 0 Å². The zero-order valence-corrected chi connectivity index (χ0v) is 19.2. The molecule has 6 rings (SSSR count). The van der Waals surface area contributed by atoms with Gasteiger partial charge < -0.3 is 28.7 Å². The lowest BCUT2D eigenvalue weighted by Gasteiger charge is -2.28. The number of methoxy groups -OCH3 is 1. The van der Waals surface area contributed by atoms with E-state index in [1.165, 1.54) is 7.11 Å². The number of fused-ring (bicyclic) bond motifs is 2. The summed E-state index contributed by atoms with van der Waals surface area (Å²) in [5.74, 6) is 0.530. The molecule has 2 aliphatic heterocycles. The number of halogens is 2. The van der Waals surface area contributed by atoms with Crippen molar-refractivity contribution in [3.05, 3.63) is 24.3 Å². The molecule has 5 heterocycles. The number of aromatic amines is 1. The van der Waals surface area contributed by atoms with Gasteiger partial charge in [0.2, 0.25) is 5.95 Å². The second kappa shape index (κ2) is 9.00. The van der Waals surface area contributed by atoms with Crippen LogP contribution >= 0.6 is 0 Å². The maximum atomic E-state index is 13.3. The Labute approximate surface area is 199 Å². The highest BCUT2D eigenvalue weighted by atomic mass is 19.3. The average molecular weight is 485 g/mol. The molecule has 0 saturated carbocycles. The van der Waals surface area contributed by atoms with Crippen molar-refractivity contribution in [1.82, 2.24) is 29.5 Å². The summed E-state index contributed by atoms with van der Waals surface area (Å²) in [6, 6.07) is 3.73. The lowest BCUT2D eigenvalue weighted by Crippen LogP contribution is -2.37. The molecule has 3 aromatic heterocycles. The van der Waals surface area contributed by atoms with Crippen molar-refractivity contribution >= 4 is 28.1 Å². The van der Waals surface area contributed by atoms with Crippen molar-refractivity contribution in [3.63, 3.8) is 0 Å². The molecule has 0 atom stereocenters. The zero-order chi connectivity index (χ0) is 23.9. The predicted molar refractivity (Wildman–Crippen MR) is 124 cm³/mol. The second-order valence-electron chi connectivity index (χ2n) is 8.60. The third-order valence-electron chi connectivity index (χ3n) is 6.58. The predicted octanol–water partition coefficient (Wildman–Crippen LogP) is 3.50. The minimum Gasteiger partial charge on any atom is -0.494 e. The van der Waals surface area contributed by atoms with Crippen LogP contribution in [0.5, 0.6) is 5.75 Å². The average Bonchev–Trinajstić information content (AvgIpc) is 3.53. The molecule has 10 nitrogen and oxygen atoms in total. The van der Waals surface area contributed by atoms with Gasteiger partial charge in [-0.2, -0.15) is 4.98 Å². The molecule has 2 aliphatic rings. The van der Waals surface area contributed by atoms with E-state index in [9.17, 15) is 8.78 Å². The van der Waals surface area contributed by atoms with Crippen molar-refractivity contribution in [2.24, 2.45) is 0 Å². The van der Waals surface area contributed by atoms with Crippen LogP contribution in [0.1, 0.15) is 31.1 Å². The number of hydrogen-bond acceptors (Lipinski definition) is 8. The fourth-order valence-corrected chi connectivity index (χ4v) is 4.79. The molecule has 2 fully saturated rings. The number of nitrogens with one attached hydrogen (secondary N) is 1. The Morgan fingerprint density at radius 3 is 2.54 bits per heavy atom. The number of anilines is 1. The number of morpholine rings is 1. The quantitative estimate of drug-likeness (QED) is 0.458. The van der Waals surface area contributed by atoms with Crippen LogP contribution in [0.15, 0.2) is 18.5 Å². The fraction of sp³-hybridized carbons (Fsp3) is 0.478. The minimum atomic E-state index is -2.72. The van der Waals surface area contributed by atoms with E-state index in [0.29, 0.717) is 79.0 Å². The number of imidazole rings is 2. The molecule has 1 N–H and O–H groups in total. The molecule has 2 saturated heterocycles. The van der Waals surface area contributed by atoms with Crippen LogP contribution in [0.3, 0.4) is 0 Å². The highest BCUT2D eigenvalue weighted by Gasteiger charge is 2.26. The summed E-state index contributed by atoms with van der Waals surface area (Å²) in [6.07, 6.45) is 0.827. The summed E-state index contributed by atoms with van der Waals surface area (Å²) >= 11 is 0. The largest absolute Gasteiger partial charge is 0.494 e. The number of nitrogens with zero attached hydrogens (tertiary/aromatic N) is 6. The number of benzene rings is 1. The maximum Gasteiger partial charge on any atom is 0.295 e. The zero-order valence-electron chi connectivity index (χ0n) is 19.2. The van der Waals surface area contributed by atoms with Crippen LogP contribution in [0.4, 0.5) is 14.7 Å². The van der Waals surface area contributed by atoms with Gasteiger partial charge in [0.25, 0.3) is 6.43 Å². The standard InChI is InChI=1S/C23H25F2N7O3/c1-33-19-14(2-3-15-17(19)28-21(27-15)20(24)25)16-18-22(30-23(29-16)31-6-10-35-11-7-31)32(12-26-18)13-4-8-34-9-5-13/h2-3,12-13,20H,4-11H2,1H3,(H,27,28). The Hall–Kier alpha value is -3.38. The number of alkyl halides is 2. The first kappa shape index (κ1) is 22.1. The van der Waals surface area contributed by atoms with E-state index in [1.54, 1.807) is 18.5 Å². The maximum absolute atomic E-state index is 13.3. The van der Waals surface area contributed by atoms with Gasteiger partial charge in [0.1, 0.15) is 16.7 Å². The third-order valence-corrected chi connectivity index (χ3v) is 6.58. The Morgan fingerprint density at radius 1 is 1.03 bits per heavy atom. The van der Waals surface area contributed by atoms with E-state index in [1.807, 2.05) is 0 Å². The van der Waals surface area contributed by atoms with Crippen LogP contribution in [-0.2, 0) is 9.47 Å². The molecule has 0 aliphatic carbocycles. The number of rotatable bonds is 5. The molecule has 0 radical (unpaired) electrons. The van der Waals surface area contributed by atoms with Crippen LogP contribution in [0, 0.1) is 0 Å². The summed E-state index contributed by atoms with van der Waals surface area (Å²) in [7, 11) is 1.50. The van der Waals surface area contributed by atoms with Gasteiger partial charge >= 0.3 is 0 Å². The first-order chi connectivity index (χ1) is 17.1. The Morgan fingerprint density at radius 2 is 1.80 bits per heavy atom. The smallest absolute Gasteiger partial charge is 0.295 e. The van der Waals surface area contributed by atoms with Gasteiger partial charge in [0.05, 0.1) is 32.2 Å². The van der Waals surface area contributed by atoms with E-state index < -0.39 is 12.2 Å². The van der Waals surface area contributed by atoms with Crippen LogP contribution in [0.25, 0.3) is 33.5 Å². The number of hydrogen-bond donors (Lipinski definition) is 1. The SMILES string of the molecule is COc1c(-c2nc(N3CCOCC3)nc3c2ncn3C2CCOCC2)ccc2[nH]c(C(F)F)nc12. The lowest BCUT2D eigenvalue weighted by molar-refractivity contribution is 0.0704. The number of H-pyrrole nitrogens is 1. The van der Waals surface area contributed by atoms with Gasteiger partial charge in [-0.05, 0) is 25.0 Å². The highest BCUT2D eigenvalue weighted by molar-refractivity contribution is 5.96. The fourth-order valence-electron chi connectivity index (χ4n) is 4.79. The summed E-state index contributed by atoms with van der Waals surface area (Å²) < 4.78 is 45.5. The number of ether oxygens (including phenoxy) is 3. The third kappa shape index (κ3) is 3.86. The molecule has 0 bridgehead atoms. The molecule has 4 aromatic rings. The van der Waals surface area contributed by atoms with Crippen molar-refractivity contribution < 1.29 is 23.0 Å². The van der Waals surface area contributed by atoms with Crippen LogP contribution < -0.4 is 9.64 Å². The van der Waals surface area contributed by atoms with Crippen molar-refractivity contribution in [3.8, 4) is 17.0 Å². The summed E-state index contributed by atoms with van der Waals surface area (Å²) in [6.45, 7) is 3.90. The van der Waals surface area contributed by atoms with E-state index in [0.717, 1.165) is 18.5 Å². The molecule has 1 aromatic carbocycles. The normalized spacial score (nSPS) is 17.7. The lowest BCUT2D eigenvalue weighted by atomic mass is 10.1. The van der Waals surface area contributed by atoms with E-state index in [2.05, 4.69) is 19.4 Å². The van der Waals surface area contributed by atoms with Crippen molar-refractivity contribution in [2.45, 2.75) is 25.3 Å². The molecule has 0 amide bonds. The van der Waals surface area contributed by atoms with E-state index in [-0.39, 0.29) is 6.04 Å². The van der Waals surface area contributed by atoms with Crippen LogP contribution in [-0.4, -0.2) is 76.1 Å². The van der Waals surface area contributed by atoms with Gasteiger partial charge in [0.15, 0.2) is 17.2 Å². The first-order valence-electron chi connectivity index (χ1n) is 11.6. The topological polar surface area (TPSA) is 103 Å². The second-order valence-corrected chi connectivity index (χ2v) is 8.60. The van der Waals surface area contributed by atoms with Crippen molar-refractivity contribution in [2.75, 3.05) is 51.5 Å². The summed E-state index contributed by atoms with van der Waals surface area (Å²) in [4.78, 5) is 23.4. The monoisotopic (exact) mass is 485 g/mol. The molecular weight excluding hydrogens is 460 g/mol. The molecule has 0 unspecified atom stereocenters. The minimum absolute atomic E-state index is 0.221. The van der Waals surface area contributed by atoms with Gasteiger partial charge in [-0.1, -0.05) is 0 Å².